The number of hydrogen-bond donors (Lipinski definition) is 0. The van der Waals surface area contributed by atoms with Gasteiger partial charge in [-0.25, -0.2) is 4.98 Å². The fraction of sp³-hybridized carbons (Fsp3) is 0.562. The van der Waals surface area contributed by atoms with E-state index in [1.165, 1.54) is 19.4 Å². The minimum absolute atomic E-state index is 0.491. The second kappa shape index (κ2) is 5.93. The molecule has 5 heteroatoms. The van der Waals surface area contributed by atoms with Gasteiger partial charge in [0.05, 0.1) is 23.8 Å². The van der Waals surface area contributed by atoms with Crippen LogP contribution in [0.15, 0.2) is 24.8 Å². The molecular formula is C16H23N5. The Kier molecular flexibility index (Phi) is 4.01. The van der Waals surface area contributed by atoms with E-state index in [2.05, 4.69) is 28.8 Å². The molecule has 0 aliphatic carbocycles. The normalized spacial score (nSPS) is 20.1. The van der Waals surface area contributed by atoms with E-state index >= 15 is 0 Å². The van der Waals surface area contributed by atoms with E-state index in [0.29, 0.717) is 12.0 Å². The monoisotopic (exact) mass is 285 g/mol. The molecule has 21 heavy (non-hydrogen) atoms. The van der Waals surface area contributed by atoms with Gasteiger partial charge < -0.3 is 4.90 Å². The minimum atomic E-state index is 0.491. The van der Waals surface area contributed by atoms with E-state index in [9.17, 15) is 0 Å². The number of rotatable bonds is 3. The lowest BCUT2D eigenvalue weighted by molar-refractivity contribution is 0.166. The van der Waals surface area contributed by atoms with Gasteiger partial charge in [-0.3, -0.25) is 9.67 Å². The standard InChI is InChI=1S/C16H23N5/c1-12(2)21-6-4-5-13(11-21)15-8-17-9-16(19-15)14-7-18-20(3)10-14/h7-10,12-13H,4-6,11H2,1-3H3/t13-/m1/s1. The number of aromatic nitrogens is 4. The van der Waals surface area contributed by atoms with Crippen LogP contribution in [0.5, 0.6) is 0 Å². The summed E-state index contributed by atoms with van der Waals surface area (Å²) in [5.41, 5.74) is 3.06. The highest BCUT2D eigenvalue weighted by molar-refractivity contribution is 5.55. The zero-order valence-electron chi connectivity index (χ0n) is 13.0. The summed E-state index contributed by atoms with van der Waals surface area (Å²) in [7, 11) is 1.92. The third-order valence-electron chi connectivity index (χ3n) is 4.26. The molecule has 5 nitrogen and oxygen atoms in total. The van der Waals surface area contributed by atoms with Crippen LogP contribution >= 0.6 is 0 Å². The maximum atomic E-state index is 4.83. The van der Waals surface area contributed by atoms with Crippen molar-refractivity contribution in [1.29, 1.82) is 0 Å². The van der Waals surface area contributed by atoms with Crippen molar-refractivity contribution in [3.05, 3.63) is 30.5 Å². The van der Waals surface area contributed by atoms with Crippen molar-refractivity contribution >= 4 is 0 Å². The molecular weight excluding hydrogens is 262 g/mol. The molecule has 0 saturated carbocycles. The molecule has 1 saturated heterocycles. The molecule has 1 atom stereocenters. The molecule has 0 spiro atoms. The third-order valence-corrected chi connectivity index (χ3v) is 4.26. The molecule has 0 unspecified atom stereocenters. The van der Waals surface area contributed by atoms with Crippen molar-refractivity contribution in [2.75, 3.05) is 13.1 Å². The molecule has 0 N–H and O–H groups in total. The Balaban J connectivity index is 1.82. The van der Waals surface area contributed by atoms with Crippen molar-refractivity contribution in [1.82, 2.24) is 24.6 Å². The van der Waals surface area contributed by atoms with Gasteiger partial charge in [-0.05, 0) is 33.2 Å². The number of nitrogens with zero attached hydrogens (tertiary/aromatic N) is 5. The molecule has 2 aromatic rings. The predicted molar refractivity (Wildman–Crippen MR) is 82.9 cm³/mol. The second-order valence-corrected chi connectivity index (χ2v) is 6.16. The van der Waals surface area contributed by atoms with E-state index in [1.807, 2.05) is 31.8 Å². The van der Waals surface area contributed by atoms with Crippen LogP contribution in [0.25, 0.3) is 11.3 Å². The summed E-state index contributed by atoms with van der Waals surface area (Å²) in [6.07, 6.45) is 10.0. The van der Waals surface area contributed by atoms with Crippen LogP contribution in [0, 0.1) is 0 Å². The molecule has 0 radical (unpaired) electrons. The SMILES string of the molecule is CC(C)N1CCC[C@@H](c2cncc(-c3cnn(C)c3)n2)C1. The number of piperidine rings is 1. The van der Waals surface area contributed by atoms with Gasteiger partial charge in [0.25, 0.3) is 0 Å². The Labute approximate surface area is 126 Å². The molecule has 3 rings (SSSR count). The lowest BCUT2D eigenvalue weighted by Crippen LogP contribution is -2.39. The maximum absolute atomic E-state index is 4.83. The molecule has 0 bridgehead atoms. The van der Waals surface area contributed by atoms with Crippen molar-refractivity contribution in [2.24, 2.45) is 7.05 Å². The van der Waals surface area contributed by atoms with Crippen LogP contribution in [0.2, 0.25) is 0 Å². The highest BCUT2D eigenvalue weighted by Gasteiger charge is 2.24. The van der Waals surface area contributed by atoms with Crippen molar-refractivity contribution in [3.8, 4) is 11.3 Å². The second-order valence-electron chi connectivity index (χ2n) is 6.16. The fourth-order valence-corrected chi connectivity index (χ4v) is 2.99. The zero-order chi connectivity index (χ0) is 14.8. The van der Waals surface area contributed by atoms with Crippen LogP contribution in [-0.4, -0.2) is 43.8 Å². The lowest BCUT2D eigenvalue weighted by atomic mass is 9.94. The first-order valence-electron chi connectivity index (χ1n) is 7.68. The Hall–Kier alpha value is -1.75. The van der Waals surface area contributed by atoms with Crippen LogP contribution in [-0.2, 0) is 7.05 Å². The van der Waals surface area contributed by atoms with E-state index < -0.39 is 0 Å². The van der Waals surface area contributed by atoms with Crippen molar-refractivity contribution in [2.45, 2.75) is 38.6 Å². The van der Waals surface area contributed by atoms with Gasteiger partial charge in [-0.15, -0.1) is 0 Å². The largest absolute Gasteiger partial charge is 0.300 e. The Morgan fingerprint density at radius 2 is 2.10 bits per heavy atom. The van der Waals surface area contributed by atoms with Crippen LogP contribution in [0.4, 0.5) is 0 Å². The first-order valence-corrected chi connectivity index (χ1v) is 7.68. The highest BCUT2D eigenvalue weighted by Crippen LogP contribution is 2.27. The smallest absolute Gasteiger partial charge is 0.0920 e. The van der Waals surface area contributed by atoms with Gasteiger partial charge in [0.15, 0.2) is 0 Å². The molecule has 1 fully saturated rings. The van der Waals surface area contributed by atoms with E-state index in [1.54, 1.807) is 4.68 Å². The summed E-state index contributed by atoms with van der Waals surface area (Å²) < 4.78 is 1.80. The predicted octanol–water partition coefficient (Wildman–Crippen LogP) is 2.46. The average Bonchev–Trinajstić information content (AvgIpc) is 2.94. The van der Waals surface area contributed by atoms with E-state index in [4.69, 9.17) is 4.98 Å². The first-order chi connectivity index (χ1) is 10.1. The number of hydrogen-bond acceptors (Lipinski definition) is 4. The van der Waals surface area contributed by atoms with Crippen molar-refractivity contribution < 1.29 is 0 Å². The first kappa shape index (κ1) is 14.2. The minimum Gasteiger partial charge on any atom is -0.300 e. The van der Waals surface area contributed by atoms with Crippen LogP contribution in [0.1, 0.15) is 38.3 Å². The molecule has 112 valence electrons. The van der Waals surface area contributed by atoms with Crippen LogP contribution in [0.3, 0.4) is 0 Å². The molecule has 1 aliphatic heterocycles. The Morgan fingerprint density at radius 3 is 2.81 bits per heavy atom. The molecule has 3 heterocycles. The van der Waals surface area contributed by atoms with E-state index in [0.717, 1.165) is 23.5 Å². The van der Waals surface area contributed by atoms with Gasteiger partial charge in [-0.1, -0.05) is 0 Å². The Morgan fingerprint density at radius 1 is 1.24 bits per heavy atom. The molecule has 1 aliphatic rings. The highest BCUT2D eigenvalue weighted by atomic mass is 15.2. The summed E-state index contributed by atoms with van der Waals surface area (Å²) in [5.74, 6) is 0.491. The zero-order valence-corrected chi connectivity index (χ0v) is 13.0. The van der Waals surface area contributed by atoms with Gasteiger partial charge in [0.1, 0.15) is 0 Å². The quantitative estimate of drug-likeness (QED) is 0.869. The summed E-state index contributed by atoms with van der Waals surface area (Å²) in [6, 6.07) is 0.599. The summed E-state index contributed by atoms with van der Waals surface area (Å²) in [5, 5.41) is 4.21. The van der Waals surface area contributed by atoms with Gasteiger partial charge in [0.2, 0.25) is 0 Å². The van der Waals surface area contributed by atoms with Crippen LogP contribution < -0.4 is 0 Å². The Bertz CT molecular complexity index is 604. The number of likely N-dealkylation sites (tertiary alicyclic amines) is 1. The molecule has 0 amide bonds. The lowest BCUT2D eigenvalue weighted by Gasteiger charge is -2.35. The molecule has 0 aromatic carbocycles. The number of aryl methyl sites for hydroxylation is 1. The van der Waals surface area contributed by atoms with Gasteiger partial charge in [-0.2, -0.15) is 5.10 Å². The third kappa shape index (κ3) is 3.13. The maximum Gasteiger partial charge on any atom is 0.0920 e. The van der Waals surface area contributed by atoms with Gasteiger partial charge >= 0.3 is 0 Å². The topological polar surface area (TPSA) is 46.8 Å². The van der Waals surface area contributed by atoms with Crippen molar-refractivity contribution in [3.63, 3.8) is 0 Å². The van der Waals surface area contributed by atoms with E-state index in [-0.39, 0.29) is 0 Å². The summed E-state index contributed by atoms with van der Waals surface area (Å²) in [4.78, 5) is 11.8. The average molecular weight is 285 g/mol. The molecule has 2 aromatic heterocycles. The summed E-state index contributed by atoms with van der Waals surface area (Å²) in [6.45, 7) is 6.81. The summed E-state index contributed by atoms with van der Waals surface area (Å²) >= 11 is 0. The fourth-order valence-electron chi connectivity index (χ4n) is 2.99. The van der Waals surface area contributed by atoms with Gasteiger partial charge in [0, 0.05) is 43.5 Å².